The molecule has 2 N–H and O–H groups in total. The van der Waals surface area contributed by atoms with Crippen LogP contribution in [0.25, 0.3) is 0 Å². The lowest BCUT2D eigenvalue weighted by molar-refractivity contribution is -0.596. The normalized spacial score (nSPS) is 19.5. The fourth-order valence-corrected chi connectivity index (χ4v) is 3.63. The van der Waals surface area contributed by atoms with Crippen LogP contribution in [0.3, 0.4) is 0 Å². The molecular formula is C23H18BrFN3O2+. The number of hydrazone groups is 1. The molecule has 7 heteroatoms. The van der Waals surface area contributed by atoms with E-state index < -0.39 is 23.8 Å². The maximum atomic E-state index is 13.2. The predicted octanol–water partition coefficient (Wildman–Crippen LogP) is 3.60. The van der Waals surface area contributed by atoms with E-state index in [0.717, 1.165) is 15.6 Å². The summed E-state index contributed by atoms with van der Waals surface area (Å²) in [6.07, 6.45) is 1.83. The van der Waals surface area contributed by atoms with Gasteiger partial charge in [0.15, 0.2) is 6.04 Å². The SMILES string of the molecule is O=C(N[C@H]1C(=O)N/[N+](=C\c2ccc(Br)cc2)[C@@H]1c1ccccc1)c1ccc(F)cc1. The first kappa shape index (κ1) is 20.0. The summed E-state index contributed by atoms with van der Waals surface area (Å²) in [5.41, 5.74) is 4.88. The highest BCUT2D eigenvalue weighted by atomic mass is 79.9. The zero-order valence-electron chi connectivity index (χ0n) is 15.8. The molecule has 0 aromatic heterocycles. The summed E-state index contributed by atoms with van der Waals surface area (Å²) in [6, 6.07) is 21.1. The third-order valence-corrected chi connectivity index (χ3v) is 5.36. The summed E-state index contributed by atoms with van der Waals surface area (Å²) >= 11 is 3.41. The van der Waals surface area contributed by atoms with Gasteiger partial charge >= 0.3 is 5.91 Å². The van der Waals surface area contributed by atoms with E-state index in [9.17, 15) is 14.0 Å². The molecule has 1 aliphatic rings. The zero-order valence-corrected chi connectivity index (χ0v) is 17.3. The molecule has 3 aromatic carbocycles. The number of halogens is 2. The van der Waals surface area contributed by atoms with Crippen molar-refractivity contribution in [2.45, 2.75) is 12.1 Å². The number of rotatable bonds is 4. The first-order valence-electron chi connectivity index (χ1n) is 9.32. The topological polar surface area (TPSA) is 61.2 Å². The Morgan fingerprint density at radius 3 is 2.33 bits per heavy atom. The Hall–Kier alpha value is -3.32. The number of hydrogen-bond acceptors (Lipinski definition) is 2. The standard InChI is InChI=1S/C23H17BrFN3O2/c24-18-10-6-15(7-11-18)14-28-21(16-4-2-1-3-5-16)20(23(30)27-28)26-22(29)17-8-12-19(25)13-9-17/h1-14,20-21H,(H-,26,27,29,30)/p+1/b28-14-/t20-,21-/m1/s1. The van der Waals surface area contributed by atoms with Gasteiger partial charge in [0.05, 0.1) is 0 Å². The minimum Gasteiger partial charge on any atom is -0.334 e. The summed E-state index contributed by atoms with van der Waals surface area (Å²) in [6.45, 7) is 0. The summed E-state index contributed by atoms with van der Waals surface area (Å²) in [5.74, 6) is -1.20. The van der Waals surface area contributed by atoms with Crippen molar-refractivity contribution >= 4 is 34.0 Å². The lowest BCUT2D eigenvalue weighted by Gasteiger charge is -2.14. The molecule has 2 atom stereocenters. The molecule has 0 spiro atoms. The first-order valence-corrected chi connectivity index (χ1v) is 10.1. The highest BCUT2D eigenvalue weighted by Gasteiger charge is 2.47. The minimum atomic E-state index is -0.823. The van der Waals surface area contributed by atoms with Gasteiger partial charge in [-0.1, -0.05) is 46.3 Å². The third-order valence-electron chi connectivity index (χ3n) is 4.83. The van der Waals surface area contributed by atoms with E-state index in [1.807, 2.05) is 60.8 Å². The molecule has 30 heavy (non-hydrogen) atoms. The molecule has 1 heterocycles. The fourth-order valence-electron chi connectivity index (χ4n) is 3.37. The summed E-state index contributed by atoms with van der Waals surface area (Å²) < 4.78 is 15.8. The van der Waals surface area contributed by atoms with Crippen LogP contribution in [0.2, 0.25) is 0 Å². The van der Waals surface area contributed by atoms with Crippen molar-refractivity contribution in [3.8, 4) is 0 Å². The van der Waals surface area contributed by atoms with Crippen molar-refractivity contribution in [1.82, 2.24) is 10.7 Å². The molecule has 1 aliphatic heterocycles. The van der Waals surface area contributed by atoms with E-state index >= 15 is 0 Å². The summed E-state index contributed by atoms with van der Waals surface area (Å²) in [5, 5.41) is 2.80. The van der Waals surface area contributed by atoms with Crippen molar-refractivity contribution in [3.63, 3.8) is 0 Å². The smallest absolute Gasteiger partial charge is 0.304 e. The third kappa shape index (κ3) is 4.31. The number of carbonyl (C=O) groups is 2. The van der Waals surface area contributed by atoms with Crippen LogP contribution in [0.1, 0.15) is 27.5 Å². The van der Waals surface area contributed by atoms with E-state index in [0.29, 0.717) is 0 Å². The Morgan fingerprint density at radius 2 is 1.67 bits per heavy atom. The van der Waals surface area contributed by atoms with Gasteiger partial charge in [-0.3, -0.25) is 9.59 Å². The Kier molecular flexibility index (Phi) is 5.72. The van der Waals surface area contributed by atoms with Gasteiger partial charge in [0.2, 0.25) is 12.3 Å². The fraction of sp³-hybridized carbons (Fsp3) is 0.0870. The zero-order chi connectivity index (χ0) is 21.1. The van der Waals surface area contributed by atoms with Gasteiger partial charge in [0.1, 0.15) is 5.82 Å². The molecule has 150 valence electrons. The van der Waals surface area contributed by atoms with Crippen molar-refractivity contribution in [1.29, 1.82) is 0 Å². The van der Waals surface area contributed by atoms with E-state index in [4.69, 9.17) is 0 Å². The van der Waals surface area contributed by atoms with Gasteiger partial charge in [0.25, 0.3) is 5.91 Å². The van der Waals surface area contributed by atoms with E-state index in [1.54, 1.807) is 4.68 Å². The second kappa shape index (κ2) is 8.59. The lowest BCUT2D eigenvalue weighted by Crippen LogP contribution is -2.42. The maximum Gasteiger partial charge on any atom is 0.304 e. The molecule has 3 aromatic rings. The second-order valence-electron chi connectivity index (χ2n) is 6.88. The molecule has 1 saturated heterocycles. The molecule has 0 aliphatic carbocycles. The average molecular weight is 467 g/mol. The van der Waals surface area contributed by atoms with Crippen molar-refractivity contribution in [3.05, 3.63) is 106 Å². The number of hydrazine groups is 1. The number of nitrogens with one attached hydrogen (secondary N) is 2. The molecule has 5 nitrogen and oxygen atoms in total. The second-order valence-corrected chi connectivity index (χ2v) is 7.79. The average Bonchev–Trinajstić information content (AvgIpc) is 3.05. The van der Waals surface area contributed by atoms with Crippen LogP contribution in [0.15, 0.2) is 83.3 Å². The van der Waals surface area contributed by atoms with Gasteiger partial charge in [-0.15, -0.1) is 10.1 Å². The van der Waals surface area contributed by atoms with Gasteiger partial charge in [-0.25, -0.2) is 4.39 Å². The Labute approximate surface area is 181 Å². The van der Waals surface area contributed by atoms with Crippen LogP contribution in [-0.2, 0) is 4.79 Å². The minimum absolute atomic E-state index is 0.284. The Bertz CT molecular complexity index is 1100. The van der Waals surface area contributed by atoms with Crippen molar-refractivity contribution in [2.75, 3.05) is 0 Å². The number of amides is 2. The largest absolute Gasteiger partial charge is 0.334 e. The van der Waals surface area contributed by atoms with Gasteiger partial charge in [-0.2, -0.15) is 0 Å². The monoisotopic (exact) mass is 466 g/mol. The number of hydrogen-bond donors (Lipinski definition) is 2. The molecule has 0 saturated carbocycles. The highest BCUT2D eigenvalue weighted by molar-refractivity contribution is 9.10. The molecule has 0 radical (unpaired) electrons. The summed E-state index contributed by atoms with van der Waals surface area (Å²) in [4.78, 5) is 25.5. The van der Waals surface area contributed by atoms with Gasteiger partial charge in [-0.05, 0) is 48.5 Å². The van der Waals surface area contributed by atoms with Crippen LogP contribution < -0.4 is 10.7 Å². The molecule has 0 unspecified atom stereocenters. The molecule has 1 fully saturated rings. The molecule has 4 rings (SSSR count). The van der Waals surface area contributed by atoms with Crippen LogP contribution in [0.4, 0.5) is 4.39 Å². The van der Waals surface area contributed by atoms with Crippen molar-refractivity contribution in [2.24, 2.45) is 0 Å². The molecule has 0 bridgehead atoms. The predicted molar refractivity (Wildman–Crippen MR) is 115 cm³/mol. The first-order chi connectivity index (χ1) is 14.5. The van der Waals surface area contributed by atoms with Crippen LogP contribution in [-0.4, -0.2) is 28.8 Å². The van der Waals surface area contributed by atoms with Crippen LogP contribution >= 0.6 is 15.9 Å². The lowest BCUT2D eigenvalue weighted by atomic mass is 10.00. The van der Waals surface area contributed by atoms with Crippen LogP contribution in [0, 0.1) is 5.82 Å². The van der Waals surface area contributed by atoms with Crippen LogP contribution in [0.5, 0.6) is 0 Å². The number of carbonyl (C=O) groups excluding carboxylic acids is 2. The number of benzene rings is 3. The Balaban J connectivity index is 1.68. The quantitative estimate of drug-likeness (QED) is 0.577. The van der Waals surface area contributed by atoms with E-state index in [-0.39, 0.29) is 11.5 Å². The van der Waals surface area contributed by atoms with Crippen molar-refractivity contribution < 1.29 is 18.7 Å². The number of nitrogens with zero attached hydrogens (tertiary/aromatic N) is 1. The maximum absolute atomic E-state index is 13.2. The van der Waals surface area contributed by atoms with Gasteiger partial charge in [0, 0.05) is 21.2 Å². The van der Waals surface area contributed by atoms with Gasteiger partial charge < -0.3 is 5.32 Å². The van der Waals surface area contributed by atoms with E-state index in [1.165, 1.54) is 24.3 Å². The summed E-state index contributed by atoms with van der Waals surface area (Å²) in [7, 11) is 0. The van der Waals surface area contributed by atoms with E-state index in [2.05, 4.69) is 26.7 Å². The molecule has 2 amide bonds. The highest BCUT2D eigenvalue weighted by Crippen LogP contribution is 2.25. The molecular weight excluding hydrogens is 449 g/mol. The Morgan fingerprint density at radius 1 is 1.00 bits per heavy atom.